The minimum atomic E-state index is -0.317. The molecule has 2 aromatic heterocycles. The number of fused-ring (bicyclic) bond motifs is 1. The molecule has 6 nitrogen and oxygen atoms in total. The van der Waals surface area contributed by atoms with Gasteiger partial charge in [-0.25, -0.2) is 9.50 Å². The Hall–Kier alpha value is -1.95. The summed E-state index contributed by atoms with van der Waals surface area (Å²) in [4.78, 5) is 19.5. The molecule has 4 heterocycles. The summed E-state index contributed by atoms with van der Waals surface area (Å²) >= 11 is 0. The van der Waals surface area contributed by atoms with E-state index in [0.29, 0.717) is 13.2 Å². The van der Waals surface area contributed by atoms with Crippen molar-refractivity contribution in [2.75, 3.05) is 19.8 Å². The Labute approximate surface area is 135 Å². The van der Waals surface area contributed by atoms with E-state index in [9.17, 15) is 4.79 Å². The van der Waals surface area contributed by atoms with Crippen LogP contribution in [0.5, 0.6) is 0 Å². The molecule has 2 aliphatic heterocycles. The third-order valence-electron chi connectivity index (χ3n) is 5.32. The van der Waals surface area contributed by atoms with Crippen LogP contribution in [0.25, 0.3) is 5.65 Å². The van der Waals surface area contributed by atoms with Gasteiger partial charge in [-0.2, -0.15) is 5.10 Å². The highest BCUT2D eigenvalue weighted by Crippen LogP contribution is 2.40. The van der Waals surface area contributed by atoms with Crippen molar-refractivity contribution in [1.82, 2.24) is 19.5 Å². The second-order valence-corrected chi connectivity index (χ2v) is 6.69. The fourth-order valence-corrected chi connectivity index (χ4v) is 3.99. The molecule has 0 aromatic carbocycles. The van der Waals surface area contributed by atoms with Crippen molar-refractivity contribution in [3.05, 3.63) is 30.2 Å². The molecule has 1 atom stereocenters. The second kappa shape index (κ2) is 5.60. The zero-order valence-electron chi connectivity index (χ0n) is 13.4. The Bertz CT molecular complexity index is 722. The predicted octanol–water partition coefficient (Wildman–Crippen LogP) is 1.99. The van der Waals surface area contributed by atoms with E-state index in [0.717, 1.165) is 43.6 Å². The van der Waals surface area contributed by atoms with Crippen molar-refractivity contribution in [3.63, 3.8) is 0 Å². The third kappa shape index (κ3) is 2.32. The van der Waals surface area contributed by atoms with Gasteiger partial charge in [0.2, 0.25) is 5.91 Å². The van der Waals surface area contributed by atoms with E-state index < -0.39 is 0 Å². The zero-order chi connectivity index (χ0) is 15.9. The summed E-state index contributed by atoms with van der Waals surface area (Å²) < 4.78 is 7.27. The molecule has 23 heavy (non-hydrogen) atoms. The minimum absolute atomic E-state index is 0.0936. The molecule has 4 rings (SSSR count). The average molecular weight is 314 g/mol. The van der Waals surface area contributed by atoms with Gasteiger partial charge in [0.1, 0.15) is 0 Å². The average Bonchev–Trinajstić information content (AvgIpc) is 3.21. The van der Waals surface area contributed by atoms with Gasteiger partial charge >= 0.3 is 0 Å². The maximum absolute atomic E-state index is 13.1. The number of rotatable bonds is 2. The first kappa shape index (κ1) is 14.6. The Balaban J connectivity index is 1.70. The standard InChI is InChI=1S/C17H22N4O2/c1-17(14-3-8-18-15-4-9-19-21(14)15)7-2-10-20(17)16(22)13-5-11-23-12-6-13/h3-4,8-9,13H,2,5-7,10-12H2,1H3/t17-/m1/s1. The van der Waals surface area contributed by atoms with Gasteiger partial charge in [0, 0.05) is 37.9 Å². The number of carbonyl (C=O) groups is 1. The van der Waals surface area contributed by atoms with Gasteiger partial charge in [0.25, 0.3) is 0 Å². The molecule has 0 spiro atoms. The Kier molecular flexibility index (Phi) is 3.56. The maximum atomic E-state index is 13.1. The first-order valence-electron chi connectivity index (χ1n) is 8.38. The molecule has 2 saturated heterocycles. The molecule has 0 N–H and O–H groups in total. The fraction of sp³-hybridized carbons (Fsp3) is 0.588. The van der Waals surface area contributed by atoms with Crippen LogP contribution in [0.15, 0.2) is 24.5 Å². The highest BCUT2D eigenvalue weighted by molar-refractivity contribution is 5.80. The van der Waals surface area contributed by atoms with Gasteiger partial charge in [0.05, 0.1) is 17.4 Å². The number of aromatic nitrogens is 3. The van der Waals surface area contributed by atoms with E-state index in [-0.39, 0.29) is 17.4 Å². The second-order valence-electron chi connectivity index (χ2n) is 6.69. The quantitative estimate of drug-likeness (QED) is 0.850. The van der Waals surface area contributed by atoms with Crippen molar-refractivity contribution < 1.29 is 9.53 Å². The Morgan fingerprint density at radius 1 is 1.30 bits per heavy atom. The SMILES string of the molecule is C[C@]1(c2ccnc3ccnn23)CCCN1C(=O)C1CCOCC1. The summed E-state index contributed by atoms with van der Waals surface area (Å²) in [5.74, 6) is 0.363. The van der Waals surface area contributed by atoms with Crippen LogP contribution in [-0.2, 0) is 15.1 Å². The predicted molar refractivity (Wildman–Crippen MR) is 84.8 cm³/mol. The smallest absolute Gasteiger partial charge is 0.226 e. The van der Waals surface area contributed by atoms with Crippen LogP contribution < -0.4 is 0 Å². The number of likely N-dealkylation sites (tertiary alicyclic amines) is 1. The van der Waals surface area contributed by atoms with Gasteiger partial charge in [-0.05, 0) is 38.7 Å². The van der Waals surface area contributed by atoms with Crippen LogP contribution >= 0.6 is 0 Å². The highest BCUT2D eigenvalue weighted by atomic mass is 16.5. The number of hydrogen-bond donors (Lipinski definition) is 0. The fourth-order valence-electron chi connectivity index (χ4n) is 3.99. The Morgan fingerprint density at radius 2 is 2.13 bits per heavy atom. The summed E-state index contributed by atoms with van der Waals surface area (Å²) in [6, 6.07) is 3.89. The molecular formula is C17H22N4O2. The van der Waals surface area contributed by atoms with Crippen LogP contribution in [0.2, 0.25) is 0 Å². The highest BCUT2D eigenvalue weighted by Gasteiger charge is 2.44. The van der Waals surface area contributed by atoms with E-state index in [1.165, 1.54) is 0 Å². The van der Waals surface area contributed by atoms with E-state index in [1.54, 1.807) is 6.20 Å². The zero-order valence-corrected chi connectivity index (χ0v) is 13.4. The molecule has 6 heteroatoms. The van der Waals surface area contributed by atoms with Crippen molar-refractivity contribution in [3.8, 4) is 0 Å². The first-order chi connectivity index (χ1) is 11.2. The lowest BCUT2D eigenvalue weighted by atomic mass is 9.91. The molecule has 122 valence electrons. The van der Waals surface area contributed by atoms with Crippen molar-refractivity contribution in [2.24, 2.45) is 5.92 Å². The van der Waals surface area contributed by atoms with Crippen molar-refractivity contribution in [2.45, 2.75) is 38.1 Å². The largest absolute Gasteiger partial charge is 0.381 e. The van der Waals surface area contributed by atoms with Crippen LogP contribution in [0.1, 0.15) is 38.3 Å². The summed E-state index contributed by atoms with van der Waals surface area (Å²) in [5.41, 5.74) is 1.56. The molecule has 2 fully saturated rings. The van der Waals surface area contributed by atoms with Crippen LogP contribution in [0.4, 0.5) is 0 Å². The molecule has 0 unspecified atom stereocenters. The van der Waals surface area contributed by atoms with E-state index >= 15 is 0 Å². The number of carbonyl (C=O) groups excluding carboxylic acids is 1. The van der Waals surface area contributed by atoms with Crippen LogP contribution in [0, 0.1) is 5.92 Å². The first-order valence-corrected chi connectivity index (χ1v) is 8.38. The lowest BCUT2D eigenvalue weighted by Gasteiger charge is -2.38. The summed E-state index contributed by atoms with van der Waals surface area (Å²) in [5, 5.41) is 4.41. The normalized spacial score (nSPS) is 26.0. The van der Waals surface area contributed by atoms with Gasteiger partial charge < -0.3 is 9.64 Å². The molecule has 2 aliphatic rings. The van der Waals surface area contributed by atoms with Crippen LogP contribution in [0.3, 0.4) is 0 Å². The number of amides is 1. The van der Waals surface area contributed by atoms with Crippen LogP contribution in [-0.4, -0.2) is 45.2 Å². The van der Waals surface area contributed by atoms with Crippen molar-refractivity contribution in [1.29, 1.82) is 0 Å². The summed E-state index contributed by atoms with van der Waals surface area (Å²) in [7, 11) is 0. The molecule has 0 saturated carbocycles. The lowest BCUT2D eigenvalue weighted by Crippen LogP contribution is -2.47. The molecule has 0 aliphatic carbocycles. The van der Waals surface area contributed by atoms with Gasteiger partial charge in [-0.1, -0.05) is 0 Å². The van der Waals surface area contributed by atoms with Gasteiger partial charge in [-0.15, -0.1) is 0 Å². The molecule has 1 amide bonds. The van der Waals surface area contributed by atoms with Crippen molar-refractivity contribution >= 4 is 11.6 Å². The number of hydrogen-bond acceptors (Lipinski definition) is 4. The summed E-state index contributed by atoms with van der Waals surface area (Å²) in [6.07, 6.45) is 7.22. The molecule has 2 aromatic rings. The maximum Gasteiger partial charge on any atom is 0.226 e. The monoisotopic (exact) mass is 314 g/mol. The lowest BCUT2D eigenvalue weighted by molar-refractivity contribution is -0.142. The van der Waals surface area contributed by atoms with E-state index in [2.05, 4.69) is 21.9 Å². The Morgan fingerprint density at radius 3 is 2.96 bits per heavy atom. The summed E-state index contributed by atoms with van der Waals surface area (Å²) in [6.45, 7) is 4.37. The van der Waals surface area contributed by atoms with E-state index in [1.807, 2.05) is 22.8 Å². The molecule has 0 radical (unpaired) electrons. The third-order valence-corrected chi connectivity index (χ3v) is 5.32. The topological polar surface area (TPSA) is 59.7 Å². The minimum Gasteiger partial charge on any atom is -0.381 e. The van der Waals surface area contributed by atoms with Gasteiger partial charge in [-0.3, -0.25) is 4.79 Å². The number of ether oxygens (including phenoxy) is 1. The molecular weight excluding hydrogens is 292 g/mol. The van der Waals surface area contributed by atoms with Gasteiger partial charge in [0.15, 0.2) is 5.65 Å². The molecule has 0 bridgehead atoms. The van der Waals surface area contributed by atoms with E-state index in [4.69, 9.17) is 4.74 Å². The number of nitrogens with zero attached hydrogens (tertiary/aromatic N) is 4.